The van der Waals surface area contributed by atoms with Gasteiger partial charge in [0.25, 0.3) is 0 Å². The molecule has 4 heteroatoms. The Hall–Kier alpha value is -0.610. The van der Waals surface area contributed by atoms with Crippen LogP contribution in [-0.4, -0.2) is 39.9 Å². The number of carboxylic acid groups (broad SMARTS) is 1. The van der Waals surface area contributed by atoms with Crippen molar-refractivity contribution >= 4 is 5.97 Å². The summed E-state index contributed by atoms with van der Waals surface area (Å²) in [5.41, 5.74) is -1.73. The molecule has 66 valence electrons. The molecule has 0 fully saturated rings. The fourth-order valence-corrected chi connectivity index (χ4v) is 0.975. The Bertz CT molecular complexity index is 141. The SMILES string of the molecule is CCN(CC)C(C)(O)C(=O)O. The monoisotopic (exact) mass is 161 g/mol. The molecule has 11 heavy (non-hydrogen) atoms. The van der Waals surface area contributed by atoms with Crippen LogP contribution in [0.25, 0.3) is 0 Å². The minimum Gasteiger partial charge on any atom is -0.478 e. The molecule has 0 rings (SSSR count). The van der Waals surface area contributed by atoms with Crippen LogP contribution in [0.5, 0.6) is 0 Å². The second kappa shape index (κ2) is 3.69. The summed E-state index contributed by atoms with van der Waals surface area (Å²) >= 11 is 0. The van der Waals surface area contributed by atoms with Crippen LogP contribution in [-0.2, 0) is 4.79 Å². The summed E-state index contributed by atoms with van der Waals surface area (Å²) in [7, 11) is 0. The van der Waals surface area contributed by atoms with Gasteiger partial charge in [0.1, 0.15) is 0 Å². The van der Waals surface area contributed by atoms with Gasteiger partial charge in [0.2, 0.25) is 5.72 Å². The molecular formula is C7H15NO3. The lowest BCUT2D eigenvalue weighted by molar-refractivity contribution is -0.177. The van der Waals surface area contributed by atoms with Crippen LogP contribution in [0.2, 0.25) is 0 Å². The highest BCUT2D eigenvalue weighted by atomic mass is 16.4. The molecule has 0 bridgehead atoms. The normalized spacial score (nSPS) is 16.5. The summed E-state index contributed by atoms with van der Waals surface area (Å²) in [6.45, 7) is 5.94. The largest absolute Gasteiger partial charge is 0.478 e. The van der Waals surface area contributed by atoms with Crippen LogP contribution in [0.15, 0.2) is 0 Å². The fourth-order valence-electron chi connectivity index (χ4n) is 0.975. The Balaban J connectivity index is 4.36. The zero-order valence-electron chi connectivity index (χ0n) is 7.16. The molecule has 0 spiro atoms. The molecule has 0 saturated heterocycles. The van der Waals surface area contributed by atoms with Gasteiger partial charge in [-0.2, -0.15) is 0 Å². The van der Waals surface area contributed by atoms with Crippen LogP contribution in [0.4, 0.5) is 0 Å². The molecule has 0 heterocycles. The standard InChI is InChI=1S/C7H15NO3/c1-4-8(5-2)7(3,11)6(9)10/h11H,4-5H2,1-3H3,(H,9,10). The molecule has 1 atom stereocenters. The van der Waals surface area contributed by atoms with Gasteiger partial charge in [-0.3, -0.25) is 4.90 Å². The van der Waals surface area contributed by atoms with Crippen LogP contribution >= 0.6 is 0 Å². The summed E-state index contributed by atoms with van der Waals surface area (Å²) in [6, 6.07) is 0. The van der Waals surface area contributed by atoms with Crippen LogP contribution in [0, 0.1) is 0 Å². The first-order valence-corrected chi connectivity index (χ1v) is 3.67. The highest BCUT2D eigenvalue weighted by Crippen LogP contribution is 2.09. The number of carbonyl (C=O) groups is 1. The maximum atomic E-state index is 10.5. The third-order valence-corrected chi connectivity index (χ3v) is 1.78. The predicted molar refractivity (Wildman–Crippen MR) is 41.2 cm³/mol. The van der Waals surface area contributed by atoms with E-state index >= 15 is 0 Å². The number of aliphatic carboxylic acids is 1. The summed E-state index contributed by atoms with van der Waals surface area (Å²) in [6.07, 6.45) is 0. The molecule has 0 radical (unpaired) electrons. The van der Waals surface area contributed by atoms with Gasteiger partial charge in [-0.15, -0.1) is 0 Å². The molecule has 1 unspecified atom stereocenters. The van der Waals surface area contributed by atoms with Crippen molar-refractivity contribution in [2.75, 3.05) is 13.1 Å². The summed E-state index contributed by atoms with van der Waals surface area (Å²) in [4.78, 5) is 12.0. The molecule has 2 N–H and O–H groups in total. The molecule has 0 aromatic heterocycles. The molecule has 0 aromatic rings. The summed E-state index contributed by atoms with van der Waals surface area (Å²) in [5, 5.41) is 18.0. The van der Waals surface area contributed by atoms with E-state index in [0.29, 0.717) is 13.1 Å². The zero-order valence-corrected chi connectivity index (χ0v) is 7.16. The van der Waals surface area contributed by atoms with Gasteiger partial charge in [0.05, 0.1) is 0 Å². The smallest absolute Gasteiger partial charge is 0.351 e. The van der Waals surface area contributed by atoms with Gasteiger partial charge in [-0.05, 0) is 20.0 Å². The van der Waals surface area contributed by atoms with Crippen molar-refractivity contribution in [1.82, 2.24) is 4.90 Å². The lowest BCUT2D eigenvalue weighted by Crippen LogP contribution is -2.52. The van der Waals surface area contributed by atoms with E-state index in [2.05, 4.69) is 0 Å². The first kappa shape index (κ1) is 10.4. The van der Waals surface area contributed by atoms with Crippen molar-refractivity contribution in [3.8, 4) is 0 Å². The van der Waals surface area contributed by atoms with Crippen molar-refractivity contribution in [2.24, 2.45) is 0 Å². The van der Waals surface area contributed by atoms with Crippen molar-refractivity contribution in [3.05, 3.63) is 0 Å². The number of nitrogens with zero attached hydrogens (tertiary/aromatic N) is 1. The Labute approximate surface area is 66.4 Å². The molecule has 0 aliphatic heterocycles. The van der Waals surface area contributed by atoms with Gasteiger partial charge >= 0.3 is 5.97 Å². The van der Waals surface area contributed by atoms with E-state index < -0.39 is 11.7 Å². The highest BCUT2D eigenvalue weighted by molar-refractivity contribution is 5.75. The Morgan fingerprint density at radius 2 is 1.82 bits per heavy atom. The van der Waals surface area contributed by atoms with E-state index in [1.807, 2.05) is 0 Å². The predicted octanol–water partition coefficient (Wildman–Crippen LogP) is 0.121. The Morgan fingerprint density at radius 1 is 1.45 bits per heavy atom. The van der Waals surface area contributed by atoms with Gasteiger partial charge < -0.3 is 10.2 Å². The molecule has 0 aliphatic rings. The maximum absolute atomic E-state index is 10.5. The average Bonchev–Trinajstić information content (AvgIpc) is 1.89. The van der Waals surface area contributed by atoms with E-state index in [-0.39, 0.29) is 0 Å². The van der Waals surface area contributed by atoms with Crippen LogP contribution in [0.1, 0.15) is 20.8 Å². The maximum Gasteiger partial charge on any atom is 0.351 e. The number of aliphatic hydroxyl groups is 1. The molecule has 0 aromatic carbocycles. The van der Waals surface area contributed by atoms with Gasteiger partial charge in [0, 0.05) is 0 Å². The first-order valence-electron chi connectivity index (χ1n) is 3.67. The second-order valence-electron chi connectivity index (χ2n) is 2.50. The van der Waals surface area contributed by atoms with Gasteiger partial charge in [0.15, 0.2) is 0 Å². The average molecular weight is 161 g/mol. The van der Waals surface area contributed by atoms with E-state index in [9.17, 15) is 9.90 Å². The second-order valence-corrected chi connectivity index (χ2v) is 2.50. The third kappa shape index (κ3) is 2.17. The Morgan fingerprint density at radius 3 is 1.91 bits per heavy atom. The van der Waals surface area contributed by atoms with E-state index in [0.717, 1.165) is 0 Å². The number of likely N-dealkylation sites (N-methyl/N-ethyl adjacent to an activating group) is 1. The van der Waals surface area contributed by atoms with Crippen molar-refractivity contribution in [1.29, 1.82) is 0 Å². The van der Waals surface area contributed by atoms with Crippen molar-refractivity contribution in [3.63, 3.8) is 0 Å². The van der Waals surface area contributed by atoms with E-state index in [1.165, 1.54) is 11.8 Å². The molecule has 0 amide bonds. The topological polar surface area (TPSA) is 60.8 Å². The molecule has 4 nitrogen and oxygen atoms in total. The lowest BCUT2D eigenvalue weighted by Gasteiger charge is -2.31. The third-order valence-electron chi connectivity index (χ3n) is 1.78. The van der Waals surface area contributed by atoms with E-state index in [1.54, 1.807) is 13.8 Å². The van der Waals surface area contributed by atoms with Gasteiger partial charge in [-0.25, -0.2) is 4.79 Å². The zero-order chi connectivity index (χ0) is 9.07. The number of hydrogen-bond donors (Lipinski definition) is 2. The first-order chi connectivity index (χ1) is 4.96. The quantitative estimate of drug-likeness (QED) is 0.575. The fraction of sp³-hybridized carbons (Fsp3) is 0.857. The van der Waals surface area contributed by atoms with Crippen molar-refractivity contribution in [2.45, 2.75) is 26.5 Å². The number of rotatable bonds is 4. The van der Waals surface area contributed by atoms with E-state index in [4.69, 9.17) is 5.11 Å². The lowest BCUT2D eigenvalue weighted by atomic mass is 10.2. The number of hydrogen-bond acceptors (Lipinski definition) is 3. The Kier molecular flexibility index (Phi) is 3.48. The molecule has 0 saturated carbocycles. The summed E-state index contributed by atoms with van der Waals surface area (Å²) < 4.78 is 0. The minimum absolute atomic E-state index is 0.524. The molecule has 0 aliphatic carbocycles. The highest BCUT2D eigenvalue weighted by Gasteiger charge is 2.35. The number of carboxylic acids is 1. The minimum atomic E-state index is -1.73. The van der Waals surface area contributed by atoms with Crippen molar-refractivity contribution < 1.29 is 15.0 Å². The van der Waals surface area contributed by atoms with Crippen LogP contribution < -0.4 is 0 Å². The molecular weight excluding hydrogens is 146 g/mol. The van der Waals surface area contributed by atoms with Crippen LogP contribution in [0.3, 0.4) is 0 Å². The van der Waals surface area contributed by atoms with Gasteiger partial charge in [-0.1, -0.05) is 13.8 Å². The summed E-state index contributed by atoms with van der Waals surface area (Å²) in [5.74, 6) is -1.21.